The maximum atomic E-state index is 12.3. The number of hydrogen-bond donors (Lipinski definition) is 1. The van der Waals surface area contributed by atoms with Gasteiger partial charge in [0.05, 0.1) is 4.88 Å². The smallest absolute Gasteiger partial charge is 0.267 e. The summed E-state index contributed by atoms with van der Waals surface area (Å²) in [5.74, 6) is -0.165. The zero-order chi connectivity index (χ0) is 14.7. The second kappa shape index (κ2) is 5.65. The van der Waals surface area contributed by atoms with E-state index in [4.69, 9.17) is 4.84 Å². The summed E-state index contributed by atoms with van der Waals surface area (Å²) in [6.45, 7) is 2.19. The Morgan fingerprint density at radius 2 is 2.38 bits per heavy atom. The van der Waals surface area contributed by atoms with Gasteiger partial charge in [0.2, 0.25) is 5.60 Å². The molecule has 0 fully saturated rings. The standard InChI is InChI=1S/C15H15N3O2S/c1-15(8-12(18-20-15)13-5-3-7-21-13)14(19)17-10-11-4-2-6-16-9-11/h2-7,9H,8,10H2,1H3,(H,17,19). The third-order valence-corrected chi connectivity index (χ3v) is 4.24. The quantitative estimate of drug-likeness (QED) is 0.942. The van der Waals surface area contributed by atoms with Crippen molar-refractivity contribution in [3.8, 4) is 0 Å². The molecule has 3 rings (SSSR count). The first-order valence-electron chi connectivity index (χ1n) is 6.63. The number of amides is 1. The lowest BCUT2D eigenvalue weighted by molar-refractivity contribution is -0.141. The first-order valence-corrected chi connectivity index (χ1v) is 7.51. The van der Waals surface area contributed by atoms with E-state index in [9.17, 15) is 4.79 Å². The number of nitrogens with zero attached hydrogens (tertiary/aromatic N) is 2. The highest BCUT2D eigenvalue weighted by Crippen LogP contribution is 2.28. The lowest BCUT2D eigenvalue weighted by Crippen LogP contribution is -2.44. The Hall–Kier alpha value is -2.21. The zero-order valence-electron chi connectivity index (χ0n) is 11.6. The van der Waals surface area contributed by atoms with Crippen LogP contribution >= 0.6 is 11.3 Å². The third kappa shape index (κ3) is 2.95. The van der Waals surface area contributed by atoms with Gasteiger partial charge in [-0.3, -0.25) is 9.78 Å². The topological polar surface area (TPSA) is 63.6 Å². The van der Waals surface area contributed by atoms with E-state index in [0.29, 0.717) is 13.0 Å². The molecule has 3 heterocycles. The van der Waals surface area contributed by atoms with E-state index in [1.54, 1.807) is 30.7 Å². The Morgan fingerprint density at radius 3 is 3.10 bits per heavy atom. The number of nitrogens with one attached hydrogen (secondary N) is 1. The molecule has 5 nitrogen and oxygen atoms in total. The molecule has 0 saturated carbocycles. The molecule has 0 aromatic carbocycles. The Morgan fingerprint density at radius 1 is 1.48 bits per heavy atom. The summed E-state index contributed by atoms with van der Waals surface area (Å²) in [5.41, 5.74) is 0.831. The van der Waals surface area contributed by atoms with Crippen LogP contribution in [0.1, 0.15) is 23.8 Å². The van der Waals surface area contributed by atoms with E-state index in [2.05, 4.69) is 15.5 Å². The Bertz CT molecular complexity index is 655. The SMILES string of the molecule is CC1(C(=O)NCc2cccnc2)CC(c2cccs2)=NO1. The van der Waals surface area contributed by atoms with E-state index in [1.165, 1.54) is 0 Å². The van der Waals surface area contributed by atoms with Gasteiger partial charge in [0.25, 0.3) is 5.91 Å². The number of hydrogen-bond acceptors (Lipinski definition) is 5. The van der Waals surface area contributed by atoms with Gasteiger partial charge < -0.3 is 10.2 Å². The minimum absolute atomic E-state index is 0.165. The highest BCUT2D eigenvalue weighted by atomic mass is 32.1. The molecule has 0 saturated heterocycles. The van der Waals surface area contributed by atoms with Crippen LogP contribution in [-0.4, -0.2) is 22.2 Å². The van der Waals surface area contributed by atoms with Gasteiger partial charge in [-0.2, -0.15) is 0 Å². The predicted molar refractivity (Wildman–Crippen MR) is 81.0 cm³/mol. The molecule has 6 heteroatoms. The fraction of sp³-hybridized carbons (Fsp3) is 0.267. The molecular formula is C15H15N3O2S. The van der Waals surface area contributed by atoms with Crippen LogP contribution in [0.2, 0.25) is 0 Å². The van der Waals surface area contributed by atoms with Crippen LogP contribution in [0.5, 0.6) is 0 Å². The normalized spacial score (nSPS) is 20.7. The highest BCUT2D eigenvalue weighted by molar-refractivity contribution is 7.12. The predicted octanol–water partition coefficient (Wildman–Crippen LogP) is 2.34. The van der Waals surface area contributed by atoms with Crippen LogP contribution in [0.3, 0.4) is 0 Å². The van der Waals surface area contributed by atoms with Crippen molar-refractivity contribution in [3.05, 3.63) is 52.5 Å². The van der Waals surface area contributed by atoms with E-state index in [1.807, 2.05) is 29.6 Å². The summed E-state index contributed by atoms with van der Waals surface area (Å²) in [7, 11) is 0. The highest BCUT2D eigenvalue weighted by Gasteiger charge is 2.42. The maximum Gasteiger partial charge on any atom is 0.267 e. The largest absolute Gasteiger partial charge is 0.379 e. The van der Waals surface area contributed by atoms with Crippen molar-refractivity contribution in [3.63, 3.8) is 0 Å². The number of pyridine rings is 1. The number of thiophene rings is 1. The first kappa shape index (κ1) is 13.8. The molecule has 0 radical (unpaired) electrons. The average Bonchev–Trinajstić information content (AvgIpc) is 3.16. The number of aromatic nitrogens is 1. The van der Waals surface area contributed by atoms with Gasteiger partial charge in [0, 0.05) is 25.4 Å². The van der Waals surface area contributed by atoms with Gasteiger partial charge in [0.15, 0.2) is 0 Å². The third-order valence-electron chi connectivity index (χ3n) is 3.32. The van der Waals surface area contributed by atoms with E-state index >= 15 is 0 Å². The van der Waals surface area contributed by atoms with Gasteiger partial charge in [-0.25, -0.2) is 0 Å². The molecule has 0 aliphatic carbocycles. The monoisotopic (exact) mass is 301 g/mol. The molecule has 1 atom stereocenters. The molecule has 0 bridgehead atoms. The fourth-order valence-electron chi connectivity index (χ4n) is 2.11. The minimum Gasteiger partial charge on any atom is -0.379 e. The zero-order valence-corrected chi connectivity index (χ0v) is 12.4. The molecule has 1 N–H and O–H groups in total. The van der Waals surface area contributed by atoms with Gasteiger partial charge in [-0.05, 0) is 30.0 Å². The van der Waals surface area contributed by atoms with Gasteiger partial charge in [-0.1, -0.05) is 17.3 Å². The van der Waals surface area contributed by atoms with E-state index < -0.39 is 5.60 Å². The summed E-state index contributed by atoms with van der Waals surface area (Å²) < 4.78 is 0. The molecule has 1 aliphatic heterocycles. The second-order valence-electron chi connectivity index (χ2n) is 5.06. The van der Waals surface area contributed by atoms with Crippen molar-refractivity contribution in [2.75, 3.05) is 0 Å². The van der Waals surface area contributed by atoms with Crippen LogP contribution in [0.25, 0.3) is 0 Å². The summed E-state index contributed by atoms with van der Waals surface area (Å²) >= 11 is 1.59. The van der Waals surface area contributed by atoms with Crippen molar-refractivity contribution in [1.29, 1.82) is 0 Å². The Labute approximate surface area is 126 Å². The molecule has 0 spiro atoms. The summed E-state index contributed by atoms with van der Waals surface area (Å²) in [6, 6.07) is 7.69. The number of rotatable bonds is 4. The molecular weight excluding hydrogens is 286 g/mol. The van der Waals surface area contributed by atoms with Gasteiger partial charge >= 0.3 is 0 Å². The first-order chi connectivity index (χ1) is 10.2. The Balaban J connectivity index is 1.61. The van der Waals surface area contributed by atoms with Crippen LogP contribution in [0, 0.1) is 0 Å². The second-order valence-corrected chi connectivity index (χ2v) is 6.01. The van der Waals surface area contributed by atoms with E-state index in [-0.39, 0.29) is 5.91 Å². The number of carbonyl (C=O) groups is 1. The molecule has 2 aromatic rings. The average molecular weight is 301 g/mol. The molecule has 2 aromatic heterocycles. The lowest BCUT2D eigenvalue weighted by Gasteiger charge is -2.20. The van der Waals surface area contributed by atoms with Gasteiger partial charge in [-0.15, -0.1) is 11.3 Å². The van der Waals surface area contributed by atoms with Crippen molar-refractivity contribution in [2.24, 2.45) is 5.16 Å². The molecule has 108 valence electrons. The maximum absolute atomic E-state index is 12.3. The van der Waals surface area contributed by atoms with Crippen molar-refractivity contribution >= 4 is 23.0 Å². The number of oxime groups is 1. The molecule has 1 amide bonds. The molecule has 1 unspecified atom stereocenters. The lowest BCUT2D eigenvalue weighted by atomic mass is 9.98. The molecule has 1 aliphatic rings. The minimum atomic E-state index is -0.943. The summed E-state index contributed by atoms with van der Waals surface area (Å²) in [6.07, 6.45) is 3.91. The summed E-state index contributed by atoms with van der Waals surface area (Å²) in [5, 5.41) is 8.92. The molecule has 21 heavy (non-hydrogen) atoms. The number of carbonyl (C=O) groups excluding carboxylic acids is 1. The van der Waals surface area contributed by atoms with E-state index in [0.717, 1.165) is 16.2 Å². The fourth-order valence-corrected chi connectivity index (χ4v) is 2.81. The van der Waals surface area contributed by atoms with Gasteiger partial charge in [0.1, 0.15) is 5.71 Å². The van der Waals surface area contributed by atoms with Crippen LogP contribution < -0.4 is 5.32 Å². The van der Waals surface area contributed by atoms with Crippen molar-refractivity contribution < 1.29 is 9.63 Å². The Kier molecular flexibility index (Phi) is 3.70. The summed E-state index contributed by atoms with van der Waals surface area (Å²) in [4.78, 5) is 22.8. The van der Waals surface area contributed by atoms with Crippen LogP contribution in [0.15, 0.2) is 47.2 Å². The van der Waals surface area contributed by atoms with Crippen molar-refractivity contribution in [2.45, 2.75) is 25.5 Å². The van der Waals surface area contributed by atoms with Crippen molar-refractivity contribution in [1.82, 2.24) is 10.3 Å². The van der Waals surface area contributed by atoms with Crippen LogP contribution in [-0.2, 0) is 16.2 Å². The van der Waals surface area contributed by atoms with Crippen LogP contribution in [0.4, 0.5) is 0 Å².